The van der Waals surface area contributed by atoms with Gasteiger partial charge in [-0.1, -0.05) is 33.6 Å². The van der Waals surface area contributed by atoms with Gasteiger partial charge in [-0.2, -0.15) is 0 Å². The van der Waals surface area contributed by atoms with Crippen molar-refractivity contribution in [3.8, 4) is 0 Å². The van der Waals surface area contributed by atoms with Crippen LogP contribution in [-0.4, -0.2) is 53.8 Å². The molecule has 1 aromatic rings. The van der Waals surface area contributed by atoms with Crippen molar-refractivity contribution in [1.29, 1.82) is 0 Å². The Bertz CT molecular complexity index is 484. The van der Waals surface area contributed by atoms with E-state index in [4.69, 9.17) is 11.6 Å². The van der Waals surface area contributed by atoms with E-state index in [1.165, 1.54) is 0 Å². The number of hydrogen-bond donors (Lipinski definition) is 0. The molecule has 0 unspecified atom stereocenters. The summed E-state index contributed by atoms with van der Waals surface area (Å²) >= 11 is 13.0. The molecule has 0 radical (unpaired) electrons. The van der Waals surface area contributed by atoms with Crippen molar-refractivity contribution in [3.63, 3.8) is 0 Å². The van der Waals surface area contributed by atoms with Gasteiger partial charge in [0, 0.05) is 36.0 Å². The molecule has 0 aliphatic carbocycles. The normalized spacial score (nSPS) is 17.1. The van der Waals surface area contributed by atoms with E-state index >= 15 is 0 Å². The largest absolute Gasteiger partial charge is 0.337 e. The minimum absolute atomic E-state index is 0.0250. The minimum atomic E-state index is 0.0250. The lowest BCUT2D eigenvalue weighted by Crippen LogP contribution is -2.35. The van der Waals surface area contributed by atoms with Crippen LogP contribution in [0.4, 0.5) is 0 Å². The van der Waals surface area contributed by atoms with Crippen LogP contribution < -0.4 is 0 Å². The van der Waals surface area contributed by atoms with Gasteiger partial charge in [-0.25, -0.2) is 0 Å². The summed E-state index contributed by atoms with van der Waals surface area (Å²) in [6.07, 6.45) is 1.00. The Balaban J connectivity index is 2.07. The molecule has 20 heavy (non-hydrogen) atoms. The van der Waals surface area contributed by atoms with Crippen LogP contribution in [0.3, 0.4) is 0 Å². The number of carbonyl (C=O) groups is 1. The Morgan fingerprint density at radius 3 is 2.80 bits per heavy atom. The summed E-state index contributed by atoms with van der Waals surface area (Å²) in [4.78, 5) is 16.9. The second-order valence-electron chi connectivity index (χ2n) is 4.78. The van der Waals surface area contributed by atoms with Crippen LogP contribution in [0, 0.1) is 0 Å². The second kappa shape index (κ2) is 7.78. The Hall–Kier alpha value is -0.100. The zero-order valence-corrected chi connectivity index (χ0v) is 15.0. The molecule has 1 aliphatic rings. The average Bonchev–Trinajstić information content (AvgIpc) is 2.67. The first-order valence-electron chi connectivity index (χ1n) is 6.65. The van der Waals surface area contributed by atoms with E-state index in [-0.39, 0.29) is 5.91 Å². The van der Waals surface area contributed by atoms with Crippen LogP contribution in [0.15, 0.2) is 22.7 Å². The molecule has 0 saturated carbocycles. The number of halogens is 3. The molecular weight excluding hydrogens is 407 g/mol. The van der Waals surface area contributed by atoms with Crippen molar-refractivity contribution in [2.24, 2.45) is 0 Å². The standard InChI is InChI=1S/C14H17Br2ClN2O/c15-5-8-18-6-2-7-19(10-9-18)14(20)11-3-1-4-12(16)13(11)17/h1,3-4H,2,5-10H2. The number of benzene rings is 1. The summed E-state index contributed by atoms with van der Waals surface area (Å²) in [6.45, 7) is 4.54. The smallest absolute Gasteiger partial charge is 0.255 e. The Morgan fingerprint density at radius 2 is 2.05 bits per heavy atom. The van der Waals surface area contributed by atoms with Crippen molar-refractivity contribution in [2.45, 2.75) is 6.42 Å². The number of nitrogens with zero attached hydrogens (tertiary/aromatic N) is 2. The minimum Gasteiger partial charge on any atom is -0.337 e. The van der Waals surface area contributed by atoms with E-state index in [2.05, 4.69) is 36.8 Å². The number of rotatable bonds is 3. The predicted octanol–water partition coefficient (Wildman–Crippen LogP) is 3.65. The van der Waals surface area contributed by atoms with Crippen molar-refractivity contribution >= 4 is 49.4 Å². The zero-order valence-electron chi connectivity index (χ0n) is 11.1. The first-order valence-corrected chi connectivity index (χ1v) is 8.94. The summed E-state index contributed by atoms with van der Waals surface area (Å²) in [6, 6.07) is 5.48. The van der Waals surface area contributed by atoms with Gasteiger partial charge >= 0.3 is 0 Å². The third kappa shape index (κ3) is 3.97. The molecule has 2 rings (SSSR count). The number of carbonyl (C=O) groups excluding carboxylic acids is 1. The van der Waals surface area contributed by atoms with Crippen LogP contribution in [0.2, 0.25) is 5.02 Å². The molecule has 1 saturated heterocycles. The van der Waals surface area contributed by atoms with E-state index in [1.807, 2.05) is 17.0 Å². The first kappa shape index (κ1) is 16.3. The lowest BCUT2D eigenvalue weighted by atomic mass is 10.2. The summed E-state index contributed by atoms with van der Waals surface area (Å²) in [7, 11) is 0. The second-order valence-corrected chi connectivity index (χ2v) is 6.80. The summed E-state index contributed by atoms with van der Waals surface area (Å²) in [5.41, 5.74) is 0.579. The van der Waals surface area contributed by atoms with Crippen LogP contribution in [0.25, 0.3) is 0 Å². The first-order chi connectivity index (χ1) is 9.63. The van der Waals surface area contributed by atoms with Crippen molar-refractivity contribution in [3.05, 3.63) is 33.3 Å². The molecule has 0 atom stereocenters. The Morgan fingerprint density at radius 1 is 1.25 bits per heavy atom. The SMILES string of the molecule is O=C(c1cccc(Br)c1Cl)N1CCCN(CCBr)CC1. The summed E-state index contributed by atoms with van der Waals surface area (Å²) < 4.78 is 0.765. The van der Waals surface area contributed by atoms with Gasteiger partial charge < -0.3 is 9.80 Å². The molecular formula is C14H17Br2ClN2O. The van der Waals surface area contributed by atoms with Gasteiger partial charge in [-0.15, -0.1) is 0 Å². The maximum atomic E-state index is 12.6. The molecule has 0 bridgehead atoms. The topological polar surface area (TPSA) is 23.6 Å². The molecule has 6 heteroatoms. The molecule has 3 nitrogen and oxygen atoms in total. The molecule has 1 aliphatic heterocycles. The fourth-order valence-electron chi connectivity index (χ4n) is 2.36. The molecule has 1 amide bonds. The third-order valence-corrected chi connectivity index (χ3v) is 5.11. The molecule has 110 valence electrons. The van der Waals surface area contributed by atoms with Gasteiger partial charge in [0.05, 0.1) is 10.6 Å². The van der Waals surface area contributed by atoms with E-state index in [9.17, 15) is 4.79 Å². The van der Waals surface area contributed by atoms with Gasteiger partial charge in [-0.05, 0) is 41.0 Å². The van der Waals surface area contributed by atoms with Crippen molar-refractivity contribution < 1.29 is 4.79 Å². The molecule has 0 aromatic heterocycles. The summed E-state index contributed by atoms with van der Waals surface area (Å²) in [5, 5.41) is 1.47. The quantitative estimate of drug-likeness (QED) is 0.692. The number of amides is 1. The van der Waals surface area contributed by atoms with Crippen LogP contribution in [0.5, 0.6) is 0 Å². The highest BCUT2D eigenvalue weighted by atomic mass is 79.9. The van der Waals surface area contributed by atoms with Gasteiger partial charge in [0.1, 0.15) is 0 Å². The highest BCUT2D eigenvalue weighted by Crippen LogP contribution is 2.27. The van der Waals surface area contributed by atoms with Crippen LogP contribution >= 0.6 is 43.5 Å². The molecule has 0 N–H and O–H groups in total. The average molecular weight is 425 g/mol. The predicted molar refractivity (Wildman–Crippen MR) is 89.9 cm³/mol. The number of alkyl halides is 1. The fraction of sp³-hybridized carbons (Fsp3) is 0.500. The van der Waals surface area contributed by atoms with Gasteiger partial charge in [0.15, 0.2) is 0 Å². The molecule has 0 spiro atoms. The maximum Gasteiger partial charge on any atom is 0.255 e. The Kier molecular flexibility index (Phi) is 6.33. The van der Waals surface area contributed by atoms with E-state index < -0.39 is 0 Å². The zero-order chi connectivity index (χ0) is 14.5. The van der Waals surface area contributed by atoms with E-state index in [0.29, 0.717) is 10.6 Å². The number of hydrogen-bond acceptors (Lipinski definition) is 2. The highest BCUT2D eigenvalue weighted by molar-refractivity contribution is 9.10. The highest BCUT2D eigenvalue weighted by Gasteiger charge is 2.22. The van der Waals surface area contributed by atoms with Crippen molar-refractivity contribution in [2.75, 3.05) is 38.1 Å². The summed E-state index contributed by atoms with van der Waals surface area (Å²) in [5.74, 6) is 0.0250. The maximum absolute atomic E-state index is 12.6. The lowest BCUT2D eigenvalue weighted by Gasteiger charge is -2.22. The molecule has 1 fully saturated rings. The van der Waals surface area contributed by atoms with Crippen LogP contribution in [0.1, 0.15) is 16.8 Å². The van der Waals surface area contributed by atoms with Crippen LogP contribution in [-0.2, 0) is 0 Å². The third-order valence-electron chi connectivity index (χ3n) is 3.46. The van der Waals surface area contributed by atoms with Gasteiger partial charge in [0.2, 0.25) is 0 Å². The Labute approximate surface area is 141 Å². The molecule has 1 aromatic carbocycles. The van der Waals surface area contributed by atoms with Gasteiger partial charge in [0.25, 0.3) is 5.91 Å². The van der Waals surface area contributed by atoms with Gasteiger partial charge in [-0.3, -0.25) is 4.79 Å². The monoisotopic (exact) mass is 422 g/mol. The van der Waals surface area contributed by atoms with Crippen molar-refractivity contribution in [1.82, 2.24) is 9.80 Å². The van der Waals surface area contributed by atoms with E-state index in [1.54, 1.807) is 6.07 Å². The van der Waals surface area contributed by atoms with E-state index in [0.717, 1.165) is 48.9 Å². The fourth-order valence-corrected chi connectivity index (χ4v) is 3.43. The molecule has 1 heterocycles. The lowest BCUT2D eigenvalue weighted by molar-refractivity contribution is 0.0762.